The van der Waals surface area contributed by atoms with E-state index in [1.54, 1.807) is 17.9 Å². The number of anilines is 1. The van der Waals surface area contributed by atoms with Crippen molar-refractivity contribution >= 4 is 15.7 Å². The number of sulfonamides is 1. The summed E-state index contributed by atoms with van der Waals surface area (Å²) in [6, 6.07) is 0. The zero-order valence-electron chi connectivity index (χ0n) is 11.2. The summed E-state index contributed by atoms with van der Waals surface area (Å²) < 4.78 is 27.9. The van der Waals surface area contributed by atoms with E-state index in [1.807, 2.05) is 13.8 Å². The molecule has 0 fully saturated rings. The SMILES string of the molecule is CCCNCCS(=O)(=O)Nc1cn(C)nc1CC. The number of hydrogen-bond donors (Lipinski definition) is 2. The molecule has 0 saturated carbocycles. The van der Waals surface area contributed by atoms with Crippen LogP contribution in [0.3, 0.4) is 0 Å². The van der Waals surface area contributed by atoms with E-state index in [1.165, 1.54) is 0 Å². The Balaban J connectivity index is 2.59. The van der Waals surface area contributed by atoms with Crippen LogP contribution in [0, 0.1) is 0 Å². The van der Waals surface area contributed by atoms with Gasteiger partial charge in [0.15, 0.2) is 0 Å². The molecule has 104 valence electrons. The van der Waals surface area contributed by atoms with Crippen molar-refractivity contribution in [3.8, 4) is 0 Å². The molecule has 2 N–H and O–H groups in total. The molecule has 6 nitrogen and oxygen atoms in total. The van der Waals surface area contributed by atoms with E-state index in [2.05, 4.69) is 15.1 Å². The highest BCUT2D eigenvalue weighted by molar-refractivity contribution is 7.92. The van der Waals surface area contributed by atoms with Crippen molar-refractivity contribution in [2.75, 3.05) is 23.6 Å². The second-order valence-corrected chi connectivity index (χ2v) is 6.03. The van der Waals surface area contributed by atoms with E-state index < -0.39 is 10.0 Å². The third-order valence-corrected chi connectivity index (χ3v) is 3.75. The Hall–Kier alpha value is -1.08. The van der Waals surface area contributed by atoms with Gasteiger partial charge in [-0.05, 0) is 19.4 Å². The van der Waals surface area contributed by atoms with Crippen molar-refractivity contribution < 1.29 is 8.42 Å². The lowest BCUT2D eigenvalue weighted by atomic mass is 10.3. The van der Waals surface area contributed by atoms with Crippen LogP contribution in [0.5, 0.6) is 0 Å². The molecule has 0 aliphatic carbocycles. The second kappa shape index (κ2) is 6.75. The van der Waals surface area contributed by atoms with E-state index in [9.17, 15) is 8.42 Å². The quantitative estimate of drug-likeness (QED) is 0.685. The number of nitrogens with zero attached hydrogens (tertiary/aromatic N) is 2. The zero-order chi connectivity index (χ0) is 13.6. The van der Waals surface area contributed by atoms with Gasteiger partial charge in [0.25, 0.3) is 0 Å². The lowest BCUT2D eigenvalue weighted by Gasteiger charge is -2.07. The molecule has 0 saturated heterocycles. The van der Waals surface area contributed by atoms with Crippen LogP contribution in [-0.2, 0) is 23.5 Å². The van der Waals surface area contributed by atoms with E-state index >= 15 is 0 Å². The summed E-state index contributed by atoms with van der Waals surface area (Å²) in [4.78, 5) is 0. The van der Waals surface area contributed by atoms with E-state index in [4.69, 9.17) is 0 Å². The molecule has 0 amide bonds. The number of hydrogen-bond acceptors (Lipinski definition) is 4. The van der Waals surface area contributed by atoms with Crippen molar-refractivity contribution in [1.29, 1.82) is 0 Å². The fourth-order valence-corrected chi connectivity index (χ4v) is 2.63. The Kier molecular flexibility index (Phi) is 5.61. The average Bonchev–Trinajstić information content (AvgIpc) is 2.64. The van der Waals surface area contributed by atoms with Crippen LogP contribution >= 0.6 is 0 Å². The highest BCUT2D eigenvalue weighted by Crippen LogP contribution is 2.15. The summed E-state index contributed by atoms with van der Waals surface area (Å²) in [6.45, 7) is 5.29. The van der Waals surface area contributed by atoms with Crippen LogP contribution in [-0.4, -0.2) is 37.0 Å². The van der Waals surface area contributed by atoms with Gasteiger partial charge in [-0.3, -0.25) is 9.40 Å². The topological polar surface area (TPSA) is 76.0 Å². The third-order valence-electron chi connectivity index (χ3n) is 2.48. The van der Waals surface area contributed by atoms with Crippen LogP contribution in [0.1, 0.15) is 26.0 Å². The van der Waals surface area contributed by atoms with Gasteiger partial charge in [0.1, 0.15) is 0 Å². The first kappa shape index (κ1) is 15.0. The molecule has 0 spiro atoms. The lowest BCUT2D eigenvalue weighted by molar-refractivity contribution is 0.595. The van der Waals surface area contributed by atoms with E-state index in [0.717, 1.165) is 18.7 Å². The Bertz CT molecular complexity index is 467. The molecule has 1 rings (SSSR count). The molecule has 0 aliphatic rings. The van der Waals surface area contributed by atoms with Gasteiger partial charge in [-0.2, -0.15) is 5.10 Å². The molecule has 18 heavy (non-hydrogen) atoms. The van der Waals surface area contributed by atoms with Gasteiger partial charge in [0, 0.05) is 19.8 Å². The number of nitrogens with one attached hydrogen (secondary N) is 2. The van der Waals surface area contributed by atoms with Gasteiger partial charge in [0.2, 0.25) is 10.0 Å². The maximum atomic E-state index is 11.9. The second-order valence-electron chi connectivity index (χ2n) is 4.19. The molecular weight excluding hydrogens is 252 g/mol. The highest BCUT2D eigenvalue weighted by atomic mass is 32.2. The minimum Gasteiger partial charge on any atom is -0.316 e. The van der Waals surface area contributed by atoms with Crippen molar-refractivity contribution in [1.82, 2.24) is 15.1 Å². The first-order valence-electron chi connectivity index (χ1n) is 6.22. The van der Waals surface area contributed by atoms with Crippen LogP contribution in [0.4, 0.5) is 5.69 Å². The maximum absolute atomic E-state index is 11.9. The summed E-state index contributed by atoms with van der Waals surface area (Å²) in [6.07, 6.45) is 3.39. The predicted molar refractivity (Wildman–Crippen MR) is 73.2 cm³/mol. The van der Waals surface area contributed by atoms with E-state index in [-0.39, 0.29) is 5.75 Å². The average molecular weight is 274 g/mol. The number of aromatic nitrogens is 2. The Morgan fingerprint density at radius 2 is 2.06 bits per heavy atom. The van der Waals surface area contributed by atoms with Gasteiger partial charge >= 0.3 is 0 Å². The van der Waals surface area contributed by atoms with Crippen LogP contribution in [0.2, 0.25) is 0 Å². The summed E-state index contributed by atoms with van der Waals surface area (Å²) >= 11 is 0. The third kappa shape index (κ3) is 4.66. The number of aryl methyl sites for hydroxylation is 2. The van der Waals surface area contributed by atoms with Crippen LogP contribution in [0.25, 0.3) is 0 Å². The molecule has 1 heterocycles. The monoisotopic (exact) mass is 274 g/mol. The molecular formula is C11H22N4O2S. The molecule has 0 aromatic carbocycles. The molecule has 1 aromatic rings. The zero-order valence-corrected chi connectivity index (χ0v) is 12.0. The fourth-order valence-electron chi connectivity index (χ4n) is 1.61. The van der Waals surface area contributed by atoms with Crippen molar-refractivity contribution in [2.24, 2.45) is 7.05 Å². The Labute approximate surface area is 109 Å². The maximum Gasteiger partial charge on any atom is 0.234 e. The molecule has 0 aliphatic heterocycles. The van der Waals surface area contributed by atoms with Crippen LogP contribution in [0.15, 0.2) is 6.20 Å². The van der Waals surface area contributed by atoms with Crippen molar-refractivity contribution in [3.05, 3.63) is 11.9 Å². The summed E-state index contributed by atoms with van der Waals surface area (Å²) in [5, 5.41) is 7.27. The lowest BCUT2D eigenvalue weighted by Crippen LogP contribution is -2.27. The number of rotatable bonds is 8. The molecule has 0 unspecified atom stereocenters. The molecule has 7 heteroatoms. The normalized spacial score (nSPS) is 11.7. The van der Waals surface area contributed by atoms with Gasteiger partial charge < -0.3 is 5.32 Å². The van der Waals surface area contributed by atoms with Crippen LogP contribution < -0.4 is 10.0 Å². The molecule has 0 atom stereocenters. The first-order valence-corrected chi connectivity index (χ1v) is 7.87. The highest BCUT2D eigenvalue weighted by Gasteiger charge is 2.14. The summed E-state index contributed by atoms with van der Waals surface area (Å²) in [5.74, 6) is 0.0745. The minimum atomic E-state index is -3.30. The predicted octanol–water partition coefficient (Wildman–Crippen LogP) is 0.724. The summed E-state index contributed by atoms with van der Waals surface area (Å²) in [7, 11) is -1.52. The van der Waals surface area contributed by atoms with Crippen molar-refractivity contribution in [2.45, 2.75) is 26.7 Å². The van der Waals surface area contributed by atoms with Gasteiger partial charge in [0.05, 0.1) is 17.1 Å². The molecule has 0 bridgehead atoms. The van der Waals surface area contributed by atoms with Crippen molar-refractivity contribution in [3.63, 3.8) is 0 Å². The summed E-state index contributed by atoms with van der Waals surface area (Å²) in [5.41, 5.74) is 1.35. The molecule has 0 radical (unpaired) electrons. The van der Waals surface area contributed by atoms with E-state index in [0.29, 0.717) is 18.7 Å². The van der Waals surface area contributed by atoms with Gasteiger partial charge in [-0.15, -0.1) is 0 Å². The largest absolute Gasteiger partial charge is 0.316 e. The molecule has 1 aromatic heterocycles. The fraction of sp³-hybridized carbons (Fsp3) is 0.727. The minimum absolute atomic E-state index is 0.0745. The standard InChI is InChI=1S/C11H22N4O2S/c1-4-6-12-7-8-18(16,17)14-11-9-15(3)13-10(11)5-2/h9,12,14H,4-8H2,1-3H3. The Morgan fingerprint density at radius 1 is 1.33 bits per heavy atom. The Morgan fingerprint density at radius 3 is 2.67 bits per heavy atom. The first-order chi connectivity index (χ1) is 8.48. The van der Waals surface area contributed by atoms with Gasteiger partial charge in [-0.25, -0.2) is 8.42 Å². The van der Waals surface area contributed by atoms with Gasteiger partial charge in [-0.1, -0.05) is 13.8 Å². The smallest absolute Gasteiger partial charge is 0.234 e.